The second-order valence-electron chi connectivity index (χ2n) is 4.87. The van der Waals surface area contributed by atoms with Crippen LogP contribution in [0.3, 0.4) is 0 Å². The summed E-state index contributed by atoms with van der Waals surface area (Å²) in [5, 5.41) is 11.5. The summed E-state index contributed by atoms with van der Waals surface area (Å²) in [6.45, 7) is 5.74. The standard InChI is InChI=1S/C12H22N2O3/c1-8-5-4-6-9(2)14(8)11(15)7-13-10(3)12(16)17/h8-10,13H,4-7H2,1-3H3,(H,16,17). The third-order valence-corrected chi connectivity index (χ3v) is 3.41. The van der Waals surface area contributed by atoms with Crippen LogP contribution < -0.4 is 5.32 Å². The molecule has 3 atom stereocenters. The first-order valence-electron chi connectivity index (χ1n) is 6.20. The van der Waals surface area contributed by atoms with Crippen molar-refractivity contribution in [2.24, 2.45) is 0 Å². The van der Waals surface area contributed by atoms with Crippen molar-refractivity contribution in [1.82, 2.24) is 10.2 Å². The molecule has 1 saturated heterocycles. The van der Waals surface area contributed by atoms with Crippen molar-refractivity contribution in [3.8, 4) is 0 Å². The Morgan fingerprint density at radius 2 is 1.88 bits per heavy atom. The number of likely N-dealkylation sites (tertiary alicyclic amines) is 1. The van der Waals surface area contributed by atoms with E-state index < -0.39 is 12.0 Å². The molecule has 0 aliphatic carbocycles. The van der Waals surface area contributed by atoms with Crippen LogP contribution in [0, 0.1) is 0 Å². The molecule has 0 spiro atoms. The molecule has 98 valence electrons. The second kappa shape index (κ2) is 6.00. The Balaban J connectivity index is 2.48. The summed E-state index contributed by atoms with van der Waals surface area (Å²) in [7, 11) is 0. The Kier molecular flexibility index (Phi) is 4.93. The zero-order chi connectivity index (χ0) is 13.0. The summed E-state index contributed by atoms with van der Waals surface area (Å²) in [4.78, 5) is 24.5. The summed E-state index contributed by atoms with van der Waals surface area (Å²) in [6, 6.07) is -0.171. The first kappa shape index (κ1) is 14.0. The zero-order valence-electron chi connectivity index (χ0n) is 10.8. The molecule has 1 fully saturated rings. The summed E-state index contributed by atoms with van der Waals surface area (Å²) >= 11 is 0. The van der Waals surface area contributed by atoms with Gasteiger partial charge in [-0.25, -0.2) is 0 Å². The highest BCUT2D eigenvalue weighted by molar-refractivity contribution is 5.80. The van der Waals surface area contributed by atoms with Crippen molar-refractivity contribution in [3.63, 3.8) is 0 Å². The molecule has 1 aliphatic heterocycles. The molecular formula is C12H22N2O3. The molecule has 0 aromatic heterocycles. The molecule has 17 heavy (non-hydrogen) atoms. The molecule has 3 unspecified atom stereocenters. The number of hydrogen-bond acceptors (Lipinski definition) is 3. The fourth-order valence-corrected chi connectivity index (χ4v) is 2.33. The van der Waals surface area contributed by atoms with Crippen LogP contribution in [0.1, 0.15) is 40.0 Å². The SMILES string of the molecule is CC(NCC(=O)N1C(C)CCCC1C)C(=O)O. The number of carbonyl (C=O) groups excluding carboxylic acids is 1. The minimum Gasteiger partial charge on any atom is -0.480 e. The fraction of sp³-hybridized carbons (Fsp3) is 0.833. The van der Waals surface area contributed by atoms with Gasteiger partial charge in [0.2, 0.25) is 5.91 Å². The van der Waals surface area contributed by atoms with Crippen molar-refractivity contribution in [2.45, 2.75) is 58.2 Å². The highest BCUT2D eigenvalue weighted by Crippen LogP contribution is 2.22. The lowest BCUT2D eigenvalue weighted by molar-refractivity contribution is -0.140. The van der Waals surface area contributed by atoms with Gasteiger partial charge in [0.1, 0.15) is 6.04 Å². The van der Waals surface area contributed by atoms with Crippen LogP contribution in [0.15, 0.2) is 0 Å². The van der Waals surface area contributed by atoms with Gasteiger partial charge in [0.15, 0.2) is 0 Å². The van der Waals surface area contributed by atoms with E-state index in [1.165, 1.54) is 0 Å². The maximum absolute atomic E-state index is 12.0. The lowest BCUT2D eigenvalue weighted by atomic mass is 9.97. The Labute approximate surface area is 102 Å². The van der Waals surface area contributed by atoms with E-state index in [1.807, 2.05) is 18.7 Å². The Hall–Kier alpha value is -1.10. The van der Waals surface area contributed by atoms with Gasteiger partial charge in [-0.15, -0.1) is 0 Å². The van der Waals surface area contributed by atoms with Gasteiger partial charge in [-0.1, -0.05) is 0 Å². The van der Waals surface area contributed by atoms with Crippen LogP contribution in [0.4, 0.5) is 0 Å². The maximum Gasteiger partial charge on any atom is 0.320 e. The Bertz CT molecular complexity index is 283. The number of piperidine rings is 1. The monoisotopic (exact) mass is 242 g/mol. The number of nitrogens with zero attached hydrogens (tertiary/aromatic N) is 1. The number of amides is 1. The fourth-order valence-electron chi connectivity index (χ4n) is 2.33. The van der Waals surface area contributed by atoms with Crippen LogP contribution in [0.25, 0.3) is 0 Å². The lowest BCUT2D eigenvalue weighted by Gasteiger charge is -2.39. The number of nitrogens with one attached hydrogen (secondary N) is 1. The zero-order valence-corrected chi connectivity index (χ0v) is 10.8. The third-order valence-electron chi connectivity index (χ3n) is 3.41. The maximum atomic E-state index is 12.0. The molecule has 1 amide bonds. The normalized spacial score (nSPS) is 26.6. The van der Waals surface area contributed by atoms with Gasteiger partial charge < -0.3 is 10.0 Å². The molecule has 1 rings (SSSR count). The van der Waals surface area contributed by atoms with Crippen molar-refractivity contribution in [3.05, 3.63) is 0 Å². The van der Waals surface area contributed by atoms with E-state index in [-0.39, 0.29) is 24.5 Å². The van der Waals surface area contributed by atoms with Crippen molar-refractivity contribution >= 4 is 11.9 Å². The minimum absolute atomic E-state index is 0.00204. The van der Waals surface area contributed by atoms with Gasteiger partial charge in [-0.2, -0.15) is 0 Å². The minimum atomic E-state index is -0.933. The van der Waals surface area contributed by atoms with E-state index >= 15 is 0 Å². The molecular weight excluding hydrogens is 220 g/mol. The van der Waals surface area contributed by atoms with Crippen LogP contribution in [-0.4, -0.2) is 46.6 Å². The van der Waals surface area contributed by atoms with Gasteiger partial charge in [0.05, 0.1) is 6.54 Å². The number of hydrogen-bond donors (Lipinski definition) is 2. The average molecular weight is 242 g/mol. The summed E-state index contributed by atoms with van der Waals surface area (Å²) < 4.78 is 0. The Morgan fingerprint density at radius 3 is 2.35 bits per heavy atom. The van der Waals surface area contributed by atoms with E-state index in [4.69, 9.17) is 5.11 Å². The number of rotatable bonds is 4. The van der Waals surface area contributed by atoms with Gasteiger partial charge in [0, 0.05) is 12.1 Å². The predicted molar refractivity (Wildman–Crippen MR) is 64.7 cm³/mol. The second-order valence-corrected chi connectivity index (χ2v) is 4.87. The smallest absolute Gasteiger partial charge is 0.320 e. The van der Waals surface area contributed by atoms with Crippen LogP contribution in [0.2, 0.25) is 0 Å². The van der Waals surface area contributed by atoms with Crippen LogP contribution >= 0.6 is 0 Å². The highest BCUT2D eigenvalue weighted by atomic mass is 16.4. The van der Waals surface area contributed by atoms with Crippen molar-refractivity contribution in [1.29, 1.82) is 0 Å². The first-order valence-corrected chi connectivity index (χ1v) is 6.20. The quantitative estimate of drug-likeness (QED) is 0.766. The van der Waals surface area contributed by atoms with E-state index in [2.05, 4.69) is 5.32 Å². The van der Waals surface area contributed by atoms with Gasteiger partial charge in [0.25, 0.3) is 0 Å². The van der Waals surface area contributed by atoms with Gasteiger partial charge in [-0.05, 0) is 40.0 Å². The van der Waals surface area contributed by atoms with E-state index in [1.54, 1.807) is 6.92 Å². The number of carboxylic acids is 1. The van der Waals surface area contributed by atoms with E-state index in [0.29, 0.717) is 0 Å². The van der Waals surface area contributed by atoms with Crippen LogP contribution in [-0.2, 0) is 9.59 Å². The molecule has 0 aromatic carbocycles. The molecule has 5 nitrogen and oxygen atoms in total. The number of aliphatic carboxylic acids is 1. The molecule has 0 radical (unpaired) electrons. The summed E-state index contributed by atoms with van der Waals surface area (Å²) in [6.07, 6.45) is 3.22. The first-order chi connectivity index (χ1) is 7.93. The van der Waals surface area contributed by atoms with E-state index in [9.17, 15) is 9.59 Å². The Morgan fingerprint density at radius 1 is 1.35 bits per heavy atom. The largest absolute Gasteiger partial charge is 0.480 e. The average Bonchev–Trinajstić information content (AvgIpc) is 2.25. The third kappa shape index (κ3) is 3.70. The molecule has 1 heterocycles. The lowest BCUT2D eigenvalue weighted by Crippen LogP contribution is -2.51. The van der Waals surface area contributed by atoms with Gasteiger partial charge in [-0.3, -0.25) is 14.9 Å². The highest BCUT2D eigenvalue weighted by Gasteiger charge is 2.28. The summed E-state index contributed by atoms with van der Waals surface area (Å²) in [5.74, 6) is -0.935. The molecule has 0 aromatic rings. The van der Waals surface area contributed by atoms with E-state index in [0.717, 1.165) is 19.3 Å². The number of carboxylic acid groups (broad SMARTS) is 1. The molecule has 0 bridgehead atoms. The van der Waals surface area contributed by atoms with Crippen molar-refractivity contribution in [2.75, 3.05) is 6.54 Å². The van der Waals surface area contributed by atoms with Crippen LogP contribution in [0.5, 0.6) is 0 Å². The van der Waals surface area contributed by atoms with Gasteiger partial charge >= 0.3 is 5.97 Å². The molecule has 2 N–H and O–H groups in total. The summed E-state index contributed by atoms with van der Waals surface area (Å²) in [5.41, 5.74) is 0. The molecule has 0 saturated carbocycles. The molecule has 1 aliphatic rings. The topological polar surface area (TPSA) is 69.6 Å². The molecule has 5 heteroatoms. The number of carbonyl (C=O) groups is 2. The van der Waals surface area contributed by atoms with Crippen molar-refractivity contribution < 1.29 is 14.7 Å². The predicted octanol–water partition coefficient (Wildman–Crippen LogP) is 0.839.